The second-order valence-corrected chi connectivity index (χ2v) is 5.28. The highest BCUT2D eigenvalue weighted by Gasteiger charge is 2.46. The van der Waals surface area contributed by atoms with E-state index in [4.69, 9.17) is 4.74 Å². The number of hydrogen-bond donors (Lipinski definition) is 1. The van der Waals surface area contributed by atoms with Crippen LogP contribution in [0.3, 0.4) is 0 Å². The van der Waals surface area contributed by atoms with Gasteiger partial charge in [0.2, 0.25) is 5.91 Å². The molecule has 0 radical (unpaired) electrons. The highest BCUT2D eigenvalue weighted by Crippen LogP contribution is 2.32. The molecular formula is C15H21FN2O2. The number of amides is 1. The van der Waals surface area contributed by atoms with Crippen LogP contribution in [0.15, 0.2) is 24.3 Å². The van der Waals surface area contributed by atoms with Crippen LogP contribution in [-0.2, 0) is 9.53 Å². The Morgan fingerprint density at radius 1 is 1.40 bits per heavy atom. The van der Waals surface area contributed by atoms with Gasteiger partial charge in [0.25, 0.3) is 0 Å². The molecular weight excluding hydrogens is 259 g/mol. The predicted molar refractivity (Wildman–Crippen MR) is 74.6 cm³/mol. The number of ether oxygens (including phenoxy) is 1. The van der Waals surface area contributed by atoms with Gasteiger partial charge >= 0.3 is 0 Å². The van der Waals surface area contributed by atoms with Crippen LogP contribution in [0.2, 0.25) is 0 Å². The molecule has 0 bridgehead atoms. The summed E-state index contributed by atoms with van der Waals surface area (Å²) in [6.07, 6.45) is 0.468. The predicted octanol–water partition coefficient (Wildman–Crippen LogP) is 2.07. The lowest BCUT2D eigenvalue weighted by Crippen LogP contribution is -2.43. The second kappa shape index (κ2) is 5.89. The van der Waals surface area contributed by atoms with E-state index < -0.39 is 5.54 Å². The Hall–Kier alpha value is -1.46. The molecule has 4 nitrogen and oxygen atoms in total. The minimum absolute atomic E-state index is 0.0615. The maximum absolute atomic E-state index is 13.0. The number of halogens is 1. The van der Waals surface area contributed by atoms with Crippen molar-refractivity contribution in [3.05, 3.63) is 35.6 Å². The van der Waals surface area contributed by atoms with Gasteiger partial charge in [-0.2, -0.15) is 0 Å². The van der Waals surface area contributed by atoms with Crippen LogP contribution in [0.4, 0.5) is 4.39 Å². The van der Waals surface area contributed by atoms with Gasteiger partial charge in [-0.15, -0.1) is 0 Å². The fourth-order valence-corrected chi connectivity index (χ4v) is 2.46. The lowest BCUT2D eigenvalue weighted by atomic mass is 9.99. The standard InChI is InChI=1S/C15H21FN2O2/c1-4-15(2)14(19)18(9-10-20-3)13(17-15)11-5-7-12(16)8-6-11/h5-8,13,17H,4,9-10H2,1-3H3. The van der Waals surface area contributed by atoms with Gasteiger partial charge in [0.1, 0.15) is 12.0 Å². The van der Waals surface area contributed by atoms with E-state index in [2.05, 4.69) is 5.32 Å². The summed E-state index contributed by atoms with van der Waals surface area (Å²) in [6.45, 7) is 4.87. The fraction of sp³-hybridized carbons (Fsp3) is 0.533. The van der Waals surface area contributed by atoms with E-state index in [1.54, 1.807) is 24.1 Å². The van der Waals surface area contributed by atoms with E-state index in [9.17, 15) is 9.18 Å². The highest BCUT2D eigenvalue weighted by atomic mass is 19.1. The number of nitrogens with zero attached hydrogens (tertiary/aromatic N) is 1. The summed E-state index contributed by atoms with van der Waals surface area (Å²) in [6, 6.07) is 6.25. The molecule has 110 valence electrons. The van der Waals surface area contributed by atoms with E-state index in [-0.39, 0.29) is 17.9 Å². The van der Waals surface area contributed by atoms with E-state index in [0.29, 0.717) is 19.6 Å². The molecule has 0 spiro atoms. The molecule has 0 aliphatic carbocycles. The molecule has 2 rings (SSSR count). The van der Waals surface area contributed by atoms with Gasteiger partial charge in [-0.05, 0) is 31.0 Å². The van der Waals surface area contributed by atoms with Gasteiger partial charge in [0.15, 0.2) is 0 Å². The van der Waals surface area contributed by atoms with Crippen molar-refractivity contribution in [2.24, 2.45) is 0 Å². The zero-order chi connectivity index (χ0) is 14.8. The first-order chi connectivity index (χ1) is 9.51. The normalized spacial score (nSPS) is 26.3. The van der Waals surface area contributed by atoms with Crippen LogP contribution in [0, 0.1) is 5.82 Å². The average Bonchev–Trinajstić information content (AvgIpc) is 2.71. The average molecular weight is 280 g/mol. The summed E-state index contributed by atoms with van der Waals surface area (Å²) in [4.78, 5) is 14.3. The molecule has 5 heteroatoms. The number of carbonyl (C=O) groups is 1. The first-order valence-corrected chi connectivity index (χ1v) is 6.85. The molecule has 1 fully saturated rings. The minimum Gasteiger partial charge on any atom is -0.383 e. The monoisotopic (exact) mass is 280 g/mol. The fourth-order valence-electron chi connectivity index (χ4n) is 2.46. The van der Waals surface area contributed by atoms with Gasteiger partial charge in [-0.3, -0.25) is 10.1 Å². The lowest BCUT2D eigenvalue weighted by Gasteiger charge is -2.24. The molecule has 0 aromatic heterocycles. The molecule has 2 unspecified atom stereocenters. The van der Waals surface area contributed by atoms with Crippen molar-refractivity contribution in [2.75, 3.05) is 20.3 Å². The van der Waals surface area contributed by atoms with E-state index in [1.807, 2.05) is 13.8 Å². The lowest BCUT2D eigenvalue weighted by molar-refractivity contribution is -0.133. The van der Waals surface area contributed by atoms with E-state index in [1.165, 1.54) is 12.1 Å². The summed E-state index contributed by atoms with van der Waals surface area (Å²) in [5.41, 5.74) is 0.306. The summed E-state index contributed by atoms with van der Waals surface area (Å²) < 4.78 is 18.1. The van der Waals surface area contributed by atoms with Crippen molar-refractivity contribution in [3.63, 3.8) is 0 Å². The first-order valence-electron chi connectivity index (χ1n) is 6.85. The van der Waals surface area contributed by atoms with Crippen molar-refractivity contribution in [2.45, 2.75) is 32.0 Å². The summed E-state index contributed by atoms with van der Waals surface area (Å²) in [7, 11) is 1.61. The van der Waals surface area contributed by atoms with Crippen molar-refractivity contribution in [1.82, 2.24) is 10.2 Å². The quantitative estimate of drug-likeness (QED) is 0.897. The minimum atomic E-state index is -0.577. The molecule has 2 atom stereocenters. The Morgan fingerprint density at radius 3 is 2.60 bits per heavy atom. The van der Waals surface area contributed by atoms with Crippen LogP contribution in [-0.4, -0.2) is 36.6 Å². The van der Waals surface area contributed by atoms with Gasteiger partial charge < -0.3 is 9.64 Å². The Bertz CT molecular complexity index is 477. The Kier molecular flexibility index (Phi) is 4.40. The van der Waals surface area contributed by atoms with Gasteiger partial charge in [0, 0.05) is 13.7 Å². The van der Waals surface area contributed by atoms with Crippen LogP contribution in [0.1, 0.15) is 32.0 Å². The molecule has 1 amide bonds. The molecule has 1 aromatic carbocycles. The van der Waals surface area contributed by atoms with Crippen molar-refractivity contribution in [3.8, 4) is 0 Å². The smallest absolute Gasteiger partial charge is 0.244 e. The van der Waals surface area contributed by atoms with Gasteiger partial charge in [-0.1, -0.05) is 19.1 Å². The van der Waals surface area contributed by atoms with E-state index >= 15 is 0 Å². The third kappa shape index (κ3) is 2.69. The zero-order valence-corrected chi connectivity index (χ0v) is 12.1. The van der Waals surface area contributed by atoms with Crippen molar-refractivity contribution in [1.29, 1.82) is 0 Å². The van der Waals surface area contributed by atoms with Crippen LogP contribution in [0.5, 0.6) is 0 Å². The number of benzene rings is 1. The largest absolute Gasteiger partial charge is 0.383 e. The Balaban J connectivity index is 2.28. The van der Waals surface area contributed by atoms with Gasteiger partial charge in [0.05, 0.1) is 12.1 Å². The Morgan fingerprint density at radius 2 is 2.05 bits per heavy atom. The number of nitrogens with one attached hydrogen (secondary N) is 1. The van der Waals surface area contributed by atoms with Gasteiger partial charge in [-0.25, -0.2) is 4.39 Å². The molecule has 1 saturated heterocycles. The first kappa shape index (κ1) is 14.9. The molecule has 1 heterocycles. The number of methoxy groups -OCH3 is 1. The summed E-state index contributed by atoms with van der Waals surface area (Å²) in [5, 5.41) is 3.36. The number of carbonyl (C=O) groups excluding carboxylic acids is 1. The third-order valence-electron chi connectivity index (χ3n) is 3.93. The van der Waals surface area contributed by atoms with E-state index in [0.717, 1.165) is 5.56 Å². The summed E-state index contributed by atoms with van der Waals surface area (Å²) >= 11 is 0. The molecule has 1 aliphatic heterocycles. The maximum Gasteiger partial charge on any atom is 0.244 e. The molecule has 1 aromatic rings. The number of rotatable bonds is 5. The molecule has 20 heavy (non-hydrogen) atoms. The van der Waals surface area contributed by atoms with Crippen molar-refractivity contribution < 1.29 is 13.9 Å². The van der Waals surface area contributed by atoms with Crippen LogP contribution in [0.25, 0.3) is 0 Å². The maximum atomic E-state index is 13.0. The molecule has 1 N–H and O–H groups in total. The van der Waals surface area contributed by atoms with Crippen LogP contribution < -0.4 is 5.32 Å². The summed E-state index contributed by atoms with van der Waals surface area (Å²) in [5.74, 6) is -0.217. The number of hydrogen-bond acceptors (Lipinski definition) is 3. The molecule has 1 aliphatic rings. The third-order valence-corrected chi connectivity index (χ3v) is 3.93. The zero-order valence-electron chi connectivity index (χ0n) is 12.1. The van der Waals surface area contributed by atoms with Crippen LogP contribution >= 0.6 is 0 Å². The van der Waals surface area contributed by atoms with Crippen molar-refractivity contribution >= 4 is 5.91 Å². The molecule has 0 saturated carbocycles. The highest BCUT2D eigenvalue weighted by molar-refractivity contribution is 5.88. The second-order valence-electron chi connectivity index (χ2n) is 5.28. The SMILES string of the molecule is CCC1(C)NC(c2ccc(F)cc2)N(CCOC)C1=O. The topological polar surface area (TPSA) is 41.6 Å². The Labute approximate surface area is 118 Å².